The Morgan fingerprint density at radius 2 is 2.00 bits per heavy atom. The number of hydrogen-bond donors (Lipinski definition) is 1. The van der Waals surface area contributed by atoms with Crippen molar-refractivity contribution in [3.05, 3.63) is 18.1 Å². The van der Waals surface area contributed by atoms with Crippen molar-refractivity contribution in [2.45, 2.75) is 45.4 Å². The van der Waals surface area contributed by atoms with Gasteiger partial charge in [-0.2, -0.15) is 0 Å². The van der Waals surface area contributed by atoms with Crippen LogP contribution in [0.3, 0.4) is 0 Å². The summed E-state index contributed by atoms with van der Waals surface area (Å²) in [7, 11) is 0. The molecule has 0 spiro atoms. The summed E-state index contributed by atoms with van der Waals surface area (Å²) in [5.41, 5.74) is 0.405. The fourth-order valence-corrected chi connectivity index (χ4v) is 2.39. The summed E-state index contributed by atoms with van der Waals surface area (Å²) in [5.74, 6) is 0.756. The fraction of sp³-hybridized carbons (Fsp3) is 0.667. The van der Waals surface area contributed by atoms with Crippen LogP contribution < -0.4 is 10.2 Å². The molecule has 0 aliphatic carbocycles. The van der Waals surface area contributed by atoms with E-state index in [4.69, 9.17) is 0 Å². The molecule has 0 unspecified atom stereocenters. The zero-order valence-electron chi connectivity index (χ0n) is 12.3. The van der Waals surface area contributed by atoms with E-state index < -0.39 is 0 Å². The highest BCUT2D eigenvalue weighted by molar-refractivity contribution is 5.91. The molecule has 0 aromatic carbocycles. The summed E-state index contributed by atoms with van der Waals surface area (Å²) in [6.07, 6.45) is 10.3. The maximum Gasteiger partial charge on any atom is 0.271 e. The number of carbonyl (C=O) groups is 1. The summed E-state index contributed by atoms with van der Waals surface area (Å²) >= 11 is 0. The summed E-state index contributed by atoms with van der Waals surface area (Å²) in [6, 6.07) is 0. The van der Waals surface area contributed by atoms with Crippen molar-refractivity contribution in [1.29, 1.82) is 0 Å². The van der Waals surface area contributed by atoms with Gasteiger partial charge in [0, 0.05) is 19.6 Å². The van der Waals surface area contributed by atoms with E-state index in [0.717, 1.165) is 38.2 Å². The molecule has 1 aromatic heterocycles. The van der Waals surface area contributed by atoms with Crippen LogP contribution >= 0.6 is 0 Å². The molecule has 1 aromatic rings. The Hall–Kier alpha value is -1.65. The van der Waals surface area contributed by atoms with Gasteiger partial charge in [0.25, 0.3) is 5.91 Å². The van der Waals surface area contributed by atoms with Gasteiger partial charge in [-0.05, 0) is 25.7 Å². The zero-order valence-corrected chi connectivity index (χ0v) is 12.3. The molecule has 20 heavy (non-hydrogen) atoms. The van der Waals surface area contributed by atoms with Crippen LogP contribution in [0.15, 0.2) is 12.4 Å². The molecule has 1 N–H and O–H groups in total. The van der Waals surface area contributed by atoms with Gasteiger partial charge in [0.1, 0.15) is 11.5 Å². The quantitative estimate of drug-likeness (QED) is 0.811. The largest absolute Gasteiger partial charge is 0.355 e. The van der Waals surface area contributed by atoms with E-state index in [0.29, 0.717) is 12.2 Å². The molecule has 1 saturated heterocycles. The molecule has 2 rings (SSSR count). The van der Waals surface area contributed by atoms with Crippen LogP contribution in [-0.4, -0.2) is 35.5 Å². The van der Waals surface area contributed by atoms with Crippen molar-refractivity contribution in [2.24, 2.45) is 0 Å². The number of unbranched alkanes of at least 4 members (excludes halogenated alkanes) is 2. The molecule has 2 heterocycles. The first kappa shape index (κ1) is 14.8. The van der Waals surface area contributed by atoms with Crippen LogP contribution in [0.2, 0.25) is 0 Å². The van der Waals surface area contributed by atoms with Gasteiger partial charge >= 0.3 is 0 Å². The lowest BCUT2D eigenvalue weighted by Crippen LogP contribution is -2.31. The van der Waals surface area contributed by atoms with Crippen molar-refractivity contribution in [3.63, 3.8) is 0 Å². The first-order valence-electron chi connectivity index (χ1n) is 7.66. The minimum atomic E-state index is -0.126. The Labute approximate surface area is 120 Å². The number of piperidine rings is 1. The first-order valence-corrected chi connectivity index (χ1v) is 7.66. The molecule has 0 saturated carbocycles. The molecule has 110 valence electrons. The summed E-state index contributed by atoms with van der Waals surface area (Å²) in [4.78, 5) is 22.7. The molecule has 0 atom stereocenters. The molecule has 5 nitrogen and oxygen atoms in total. The summed E-state index contributed by atoms with van der Waals surface area (Å²) in [6.45, 7) is 4.93. The van der Waals surface area contributed by atoms with Crippen LogP contribution in [0.1, 0.15) is 55.9 Å². The van der Waals surface area contributed by atoms with Gasteiger partial charge in [-0.3, -0.25) is 4.79 Å². The third kappa shape index (κ3) is 4.18. The molecule has 5 heteroatoms. The molecule has 1 aliphatic heterocycles. The Morgan fingerprint density at radius 1 is 1.20 bits per heavy atom. The summed E-state index contributed by atoms with van der Waals surface area (Å²) < 4.78 is 0. The third-order valence-electron chi connectivity index (χ3n) is 3.62. The monoisotopic (exact) mass is 276 g/mol. The van der Waals surface area contributed by atoms with Crippen LogP contribution in [0.4, 0.5) is 5.82 Å². The zero-order chi connectivity index (χ0) is 14.2. The molecular weight excluding hydrogens is 252 g/mol. The van der Waals surface area contributed by atoms with Crippen LogP contribution in [0.5, 0.6) is 0 Å². The number of amides is 1. The van der Waals surface area contributed by atoms with Crippen molar-refractivity contribution < 1.29 is 4.79 Å². The lowest BCUT2D eigenvalue weighted by molar-refractivity contribution is 0.0947. The number of anilines is 1. The molecule has 0 bridgehead atoms. The standard InChI is InChI=1S/C15H24N4O/c1-2-3-5-8-16-15(20)13-11-18-14(12-17-13)19-9-6-4-7-10-19/h11-12H,2-10H2,1H3,(H,16,20). The Bertz CT molecular complexity index is 412. The second-order valence-corrected chi connectivity index (χ2v) is 5.27. The molecular formula is C15H24N4O. The molecule has 1 amide bonds. The van der Waals surface area contributed by atoms with E-state index in [2.05, 4.69) is 27.1 Å². The lowest BCUT2D eigenvalue weighted by atomic mass is 10.1. The van der Waals surface area contributed by atoms with Gasteiger partial charge < -0.3 is 10.2 Å². The maximum atomic E-state index is 11.9. The van der Waals surface area contributed by atoms with E-state index in [9.17, 15) is 4.79 Å². The van der Waals surface area contributed by atoms with E-state index in [1.54, 1.807) is 12.4 Å². The van der Waals surface area contributed by atoms with Crippen LogP contribution in [-0.2, 0) is 0 Å². The van der Waals surface area contributed by atoms with Crippen LogP contribution in [0.25, 0.3) is 0 Å². The average molecular weight is 276 g/mol. The predicted molar refractivity (Wildman–Crippen MR) is 80.0 cm³/mol. The highest BCUT2D eigenvalue weighted by Gasteiger charge is 2.13. The Morgan fingerprint density at radius 3 is 2.65 bits per heavy atom. The highest BCUT2D eigenvalue weighted by atomic mass is 16.1. The topological polar surface area (TPSA) is 58.1 Å². The van der Waals surface area contributed by atoms with Crippen molar-refractivity contribution in [2.75, 3.05) is 24.5 Å². The van der Waals surface area contributed by atoms with Crippen molar-refractivity contribution in [1.82, 2.24) is 15.3 Å². The predicted octanol–water partition coefficient (Wildman–Crippen LogP) is 2.39. The van der Waals surface area contributed by atoms with E-state index in [1.807, 2.05) is 0 Å². The second-order valence-electron chi connectivity index (χ2n) is 5.27. The third-order valence-corrected chi connectivity index (χ3v) is 3.62. The van der Waals surface area contributed by atoms with E-state index >= 15 is 0 Å². The summed E-state index contributed by atoms with van der Waals surface area (Å²) in [5, 5.41) is 2.88. The average Bonchev–Trinajstić information content (AvgIpc) is 2.52. The van der Waals surface area contributed by atoms with Gasteiger partial charge in [-0.1, -0.05) is 19.8 Å². The second kappa shape index (κ2) is 7.82. The highest BCUT2D eigenvalue weighted by Crippen LogP contribution is 2.16. The minimum Gasteiger partial charge on any atom is -0.355 e. The number of nitrogens with zero attached hydrogens (tertiary/aromatic N) is 3. The molecule has 0 radical (unpaired) electrons. The van der Waals surface area contributed by atoms with E-state index in [1.165, 1.54) is 19.3 Å². The number of hydrogen-bond acceptors (Lipinski definition) is 4. The number of aromatic nitrogens is 2. The smallest absolute Gasteiger partial charge is 0.271 e. The maximum absolute atomic E-state index is 11.9. The van der Waals surface area contributed by atoms with Gasteiger partial charge in [0.2, 0.25) is 0 Å². The van der Waals surface area contributed by atoms with E-state index in [-0.39, 0.29) is 5.91 Å². The SMILES string of the molecule is CCCCCNC(=O)c1cnc(N2CCCCC2)cn1. The van der Waals surface area contributed by atoms with Gasteiger partial charge in [0.05, 0.1) is 12.4 Å². The van der Waals surface area contributed by atoms with Crippen LogP contribution in [0, 0.1) is 0 Å². The number of carbonyl (C=O) groups excluding carboxylic acids is 1. The van der Waals surface area contributed by atoms with Gasteiger partial charge in [-0.25, -0.2) is 9.97 Å². The normalized spacial score (nSPS) is 15.2. The van der Waals surface area contributed by atoms with Crippen molar-refractivity contribution >= 4 is 11.7 Å². The number of nitrogens with one attached hydrogen (secondary N) is 1. The Balaban J connectivity index is 1.85. The fourth-order valence-electron chi connectivity index (χ4n) is 2.39. The van der Waals surface area contributed by atoms with Gasteiger partial charge in [0.15, 0.2) is 0 Å². The minimum absolute atomic E-state index is 0.126. The lowest BCUT2D eigenvalue weighted by Gasteiger charge is -2.27. The van der Waals surface area contributed by atoms with Gasteiger partial charge in [-0.15, -0.1) is 0 Å². The molecule has 1 aliphatic rings. The first-order chi connectivity index (χ1) is 9.81. The number of rotatable bonds is 6. The van der Waals surface area contributed by atoms with Crippen molar-refractivity contribution in [3.8, 4) is 0 Å². The Kier molecular flexibility index (Phi) is 5.77. The molecule has 1 fully saturated rings.